The van der Waals surface area contributed by atoms with E-state index in [9.17, 15) is 4.79 Å². The highest BCUT2D eigenvalue weighted by molar-refractivity contribution is 8.01. The molecule has 19 heavy (non-hydrogen) atoms. The summed E-state index contributed by atoms with van der Waals surface area (Å²) in [7, 11) is 0. The van der Waals surface area contributed by atoms with Crippen LogP contribution in [0.4, 0.5) is 5.69 Å². The fourth-order valence-corrected chi connectivity index (χ4v) is 2.61. The molecule has 2 unspecified atom stereocenters. The molecule has 0 radical (unpaired) electrons. The largest absolute Gasteiger partial charge is 0.324 e. The summed E-state index contributed by atoms with van der Waals surface area (Å²) in [6, 6.07) is 9.12. The molecule has 0 aliphatic carbocycles. The number of rotatable bonds is 5. The Labute approximate surface area is 119 Å². The summed E-state index contributed by atoms with van der Waals surface area (Å²) < 4.78 is 0. The zero-order chi connectivity index (χ0) is 14.4. The van der Waals surface area contributed by atoms with Crippen molar-refractivity contribution in [2.24, 2.45) is 5.92 Å². The third-order valence-electron chi connectivity index (χ3n) is 3.03. The highest BCUT2D eigenvalue weighted by Gasteiger charge is 2.19. The van der Waals surface area contributed by atoms with Gasteiger partial charge in [-0.2, -0.15) is 5.26 Å². The molecule has 2 atom stereocenters. The minimum atomic E-state index is -0.135. The van der Waals surface area contributed by atoms with Crippen molar-refractivity contribution in [1.82, 2.24) is 0 Å². The summed E-state index contributed by atoms with van der Waals surface area (Å²) in [5.74, 6) is 0.479. The molecule has 0 fully saturated rings. The van der Waals surface area contributed by atoms with Gasteiger partial charge in [0.05, 0.1) is 16.5 Å². The van der Waals surface area contributed by atoms with Gasteiger partial charge in [-0.25, -0.2) is 0 Å². The van der Waals surface area contributed by atoms with Crippen molar-refractivity contribution < 1.29 is 4.79 Å². The summed E-state index contributed by atoms with van der Waals surface area (Å²) in [6.45, 7) is 8.32. The van der Waals surface area contributed by atoms with Crippen molar-refractivity contribution >= 4 is 23.4 Å². The van der Waals surface area contributed by atoms with Crippen LogP contribution in [0.15, 0.2) is 24.3 Å². The van der Waals surface area contributed by atoms with Gasteiger partial charge in [0.1, 0.15) is 6.07 Å². The van der Waals surface area contributed by atoms with Crippen LogP contribution in [0.3, 0.4) is 0 Å². The van der Waals surface area contributed by atoms with E-state index in [1.54, 1.807) is 30.0 Å². The van der Waals surface area contributed by atoms with Crippen LogP contribution in [0.25, 0.3) is 0 Å². The van der Waals surface area contributed by atoms with Gasteiger partial charge in [-0.05, 0) is 25.0 Å². The molecule has 0 aliphatic rings. The fourth-order valence-electron chi connectivity index (χ4n) is 1.46. The van der Waals surface area contributed by atoms with Gasteiger partial charge in [0.2, 0.25) is 5.91 Å². The van der Waals surface area contributed by atoms with E-state index in [1.807, 2.05) is 13.0 Å². The first-order valence-electron chi connectivity index (χ1n) is 6.41. The molecule has 0 spiro atoms. The van der Waals surface area contributed by atoms with Gasteiger partial charge >= 0.3 is 0 Å². The SMILES string of the molecule is CC(SC(C)C(C)C)C(=O)Nc1ccccc1C#N. The van der Waals surface area contributed by atoms with Crippen LogP contribution >= 0.6 is 11.8 Å². The predicted octanol–water partition coefficient (Wildman–Crippen LogP) is 3.66. The number of amides is 1. The maximum absolute atomic E-state index is 12.1. The van der Waals surface area contributed by atoms with Gasteiger partial charge in [0, 0.05) is 5.25 Å². The average molecular weight is 276 g/mol. The molecule has 1 aromatic carbocycles. The van der Waals surface area contributed by atoms with Crippen molar-refractivity contribution in [3.8, 4) is 6.07 Å². The number of hydrogen-bond donors (Lipinski definition) is 1. The number of anilines is 1. The summed E-state index contributed by atoms with van der Waals surface area (Å²) in [5.41, 5.74) is 1.07. The average Bonchev–Trinajstić information content (AvgIpc) is 2.38. The van der Waals surface area contributed by atoms with Gasteiger partial charge in [0.15, 0.2) is 0 Å². The Morgan fingerprint density at radius 2 is 1.89 bits per heavy atom. The molecule has 1 amide bonds. The molecule has 1 rings (SSSR count). The minimum absolute atomic E-state index is 0.0554. The maximum atomic E-state index is 12.1. The molecular weight excluding hydrogens is 256 g/mol. The van der Waals surface area contributed by atoms with Gasteiger partial charge in [-0.3, -0.25) is 4.79 Å². The van der Waals surface area contributed by atoms with Gasteiger partial charge < -0.3 is 5.32 Å². The second kappa shape index (κ2) is 7.20. The monoisotopic (exact) mass is 276 g/mol. The number of para-hydroxylation sites is 1. The minimum Gasteiger partial charge on any atom is -0.324 e. The smallest absolute Gasteiger partial charge is 0.237 e. The molecule has 0 aromatic heterocycles. The standard InChI is InChI=1S/C15H20N2OS/c1-10(2)11(3)19-12(4)15(18)17-14-8-6-5-7-13(14)9-16/h5-8,10-12H,1-4H3,(H,17,18). The Hall–Kier alpha value is -1.47. The number of thioether (sulfide) groups is 1. The Bertz CT molecular complexity index is 479. The summed E-state index contributed by atoms with van der Waals surface area (Å²) >= 11 is 1.65. The third kappa shape index (κ3) is 4.60. The molecule has 0 bridgehead atoms. The number of hydrogen-bond acceptors (Lipinski definition) is 3. The van der Waals surface area contributed by atoms with E-state index in [2.05, 4.69) is 32.2 Å². The Morgan fingerprint density at radius 3 is 2.47 bits per heavy atom. The highest BCUT2D eigenvalue weighted by Crippen LogP contribution is 2.25. The Balaban J connectivity index is 2.67. The zero-order valence-corrected chi connectivity index (χ0v) is 12.6. The maximum Gasteiger partial charge on any atom is 0.237 e. The lowest BCUT2D eigenvalue weighted by Gasteiger charge is -2.19. The van der Waals surface area contributed by atoms with Crippen LogP contribution in [0, 0.1) is 17.2 Å². The van der Waals surface area contributed by atoms with Crippen LogP contribution < -0.4 is 5.32 Å². The van der Waals surface area contributed by atoms with Crippen molar-refractivity contribution in [1.29, 1.82) is 5.26 Å². The molecule has 0 saturated heterocycles. The van der Waals surface area contributed by atoms with E-state index in [4.69, 9.17) is 5.26 Å². The van der Waals surface area contributed by atoms with Gasteiger partial charge in [0.25, 0.3) is 0 Å². The second-order valence-electron chi connectivity index (χ2n) is 4.87. The number of carbonyl (C=O) groups is 1. The molecule has 4 heteroatoms. The van der Waals surface area contributed by atoms with E-state index in [0.29, 0.717) is 22.4 Å². The van der Waals surface area contributed by atoms with Crippen molar-refractivity contribution in [2.45, 2.75) is 38.2 Å². The number of benzene rings is 1. The van der Waals surface area contributed by atoms with Crippen LogP contribution in [0.5, 0.6) is 0 Å². The Kier molecular flexibility index (Phi) is 5.91. The molecule has 0 aliphatic heterocycles. The fraction of sp³-hybridized carbons (Fsp3) is 0.467. The van der Waals surface area contributed by atoms with Crippen LogP contribution in [-0.4, -0.2) is 16.4 Å². The first kappa shape index (κ1) is 15.6. The van der Waals surface area contributed by atoms with Gasteiger partial charge in [-0.15, -0.1) is 11.8 Å². The zero-order valence-electron chi connectivity index (χ0n) is 11.8. The van der Waals surface area contributed by atoms with E-state index in [1.165, 1.54) is 0 Å². The van der Waals surface area contributed by atoms with E-state index >= 15 is 0 Å². The van der Waals surface area contributed by atoms with Crippen LogP contribution in [0.2, 0.25) is 0 Å². The quantitative estimate of drug-likeness (QED) is 0.893. The molecule has 1 N–H and O–H groups in total. The van der Waals surface area contributed by atoms with Crippen LogP contribution in [0.1, 0.15) is 33.3 Å². The van der Waals surface area contributed by atoms with Crippen molar-refractivity contribution in [3.05, 3.63) is 29.8 Å². The molecule has 102 valence electrons. The lowest BCUT2D eigenvalue weighted by molar-refractivity contribution is -0.115. The molecule has 0 heterocycles. The predicted molar refractivity (Wildman–Crippen MR) is 81.1 cm³/mol. The molecule has 0 saturated carbocycles. The van der Waals surface area contributed by atoms with E-state index in [0.717, 1.165) is 0 Å². The summed E-state index contributed by atoms with van der Waals surface area (Å²) in [6.07, 6.45) is 0. The van der Waals surface area contributed by atoms with Crippen molar-refractivity contribution in [2.75, 3.05) is 5.32 Å². The molecule has 1 aromatic rings. The molecular formula is C15H20N2OS. The normalized spacial score (nSPS) is 13.7. The highest BCUT2D eigenvalue weighted by atomic mass is 32.2. The van der Waals surface area contributed by atoms with Gasteiger partial charge in [-0.1, -0.05) is 32.9 Å². The third-order valence-corrected chi connectivity index (χ3v) is 4.63. The topological polar surface area (TPSA) is 52.9 Å². The number of carbonyl (C=O) groups excluding carboxylic acids is 1. The first-order chi connectivity index (χ1) is 8.95. The summed E-state index contributed by atoms with van der Waals surface area (Å²) in [4.78, 5) is 12.1. The van der Waals surface area contributed by atoms with Crippen molar-refractivity contribution in [3.63, 3.8) is 0 Å². The Morgan fingerprint density at radius 1 is 1.26 bits per heavy atom. The summed E-state index contributed by atoms with van der Waals surface area (Å²) in [5, 5.41) is 12.1. The molecule has 3 nitrogen and oxygen atoms in total. The second-order valence-corrected chi connectivity index (χ2v) is 6.60. The lowest BCUT2D eigenvalue weighted by atomic mass is 10.2. The first-order valence-corrected chi connectivity index (χ1v) is 7.35. The lowest BCUT2D eigenvalue weighted by Crippen LogP contribution is -2.25. The number of nitrogens with zero attached hydrogens (tertiary/aromatic N) is 1. The van der Waals surface area contributed by atoms with E-state index in [-0.39, 0.29) is 11.2 Å². The number of nitrogens with one attached hydrogen (secondary N) is 1. The van der Waals surface area contributed by atoms with Crippen LogP contribution in [-0.2, 0) is 4.79 Å². The number of nitriles is 1. The van der Waals surface area contributed by atoms with E-state index < -0.39 is 0 Å².